The van der Waals surface area contributed by atoms with Gasteiger partial charge in [-0.05, 0) is 34.5 Å². The molecule has 1 atom stereocenters. The molecular formula is C11H15BrN4. The summed E-state index contributed by atoms with van der Waals surface area (Å²) in [5, 5.41) is 8.26. The van der Waals surface area contributed by atoms with Crippen molar-refractivity contribution >= 4 is 21.6 Å². The number of rotatable bonds is 4. The van der Waals surface area contributed by atoms with Crippen molar-refractivity contribution in [3.05, 3.63) is 28.6 Å². The minimum Gasteiger partial charge on any atom is -0.321 e. The van der Waals surface area contributed by atoms with Gasteiger partial charge in [0.2, 0.25) is 0 Å². The number of hydrogen-bond acceptors (Lipinski definition) is 3. The van der Waals surface area contributed by atoms with E-state index >= 15 is 0 Å². The highest BCUT2D eigenvalue weighted by atomic mass is 79.9. The van der Waals surface area contributed by atoms with Crippen molar-refractivity contribution in [2.75, 3.05) is 0 Å². The normalized spacial score (nSPS) is 13.2. The van der Waals surface area contributed by atoms with Gasteiger partial charge in [-0.3, -0.25) is 4.40 Å². The summed E-state index contributed by atoms with van der Waals surface area (Å²) < 4.78 is 2.95. The quantitative estimate of drug-likeness (QED) is 0.938. The fourth-order valence-electron chi connectivity index (χ4n) is 1.69. The molecule has 0 aliphatic rings. The number of halogens is 1. The van der Waals surface area contributed by atoms with Crippen molar-refractivity contribution in [3.63, 3.8) is 0 Å². The van der Waals surface area contributed by atoms with E-state index in [1.54, 1.807) is 0 Å². The molecule has 0 spiro atoms. The predicted molar refractivity (Wildman–Crippen MR) is 67.1 cm³/mol. The van der Waals surface area contributed by atoms with Gasteiger partial charge in [0, 0.05) is 10.7 Å². The topological polar surface area (TPSA) is 56.2 Å². The molecule has 2 aromatic rings. The molecule has 0 aromatic carbocycles. The molecular weight excluding hydrogens is 268 g/mol. The fraction of sp³-hybridized carbons (Fsp3) is 0.455. The van der Waals surface area contributed by atoms with Gasteiger partial charge < -0.3 is 5.73 Å². The zero-order valence-electron chi connectivity index (χ0n) is 9.23. The van der Waals surface area contributed by atoms with E-state index < -0.39 is 0 Å². The van der Waals surface area contributed by atoms with E-state index in [1.807, 2.05) is 22.7 Å². The molecule has 0 bridgehead atoms. The van der Waals surface area contributed by atoms with Gasteiger partial charge in [0.25, 0.3) is 0 Å². The Morgan fingerprint density at radius 1 is 1.44 bits per heavy atom. The van der Waals surface area contributed by atoms with Crippen LogP contribution in [0.4, 0.5) is 0 Å². The third-order valence-electron chi connectivity index (χ3n) is 2.59. The molecule has 0 radical (unpaired) electrons. The fourth-order valence-corrected chi connectivity index (χ4v) is 2.03. The molecule has 16 heavy (non-hydrogen) atoms. The average Bonchev–Trinajstić information content (AvgIpc) is 2.68. The first-order valence-electron chi connectivity index (χ1n) is 5.48. The first-order chi connectivity index (χ1) is 7.72. The van der Waals surface area contributed by atoms with E-state index in [-0.39, 0.29) is 6.04 Å². The maximum absolute atomic E-state index is 6.10. The highest BCUT2D eigenvalue weighted by molar-refractivity contribution is 9.10. The lowest BCUT2D eigenvalue weighted by atomic mass is 10.1. The average molecular weight is 283 g/mol. The zero-order chi connectivity index (χ0) is 11.5. The summed E-state index contributed by atoms with van der Waals surface area (Å²) in [7, 11) is 0. The molecule has 5 heteroatoms. The molecule has 2 aromatic heterocycles. The van der Waals surface area contributed by atoms with E-state index in [9.17, 15) is 0 Å². The Balaban J connectivity index is 2.33. The van der Waals surface area contributed by atoms with Gasteiger partial charge in [0.1, 0.15) is 0 Å². The van der Waals surface area contributed by atoms with E-state index in [2.05, 4.69) is 33.1 Å². The van der Waals surface area contributed by atoms with Gasteiger partial charge in [-0.1, -0.05) is 19.8 Å². The molecule has 2 N–H and O–H groups in total. The maximum atomic E-state index is 6.10. The van der Waals surface area contributed by atoms with Crippen LogP contribution in [0.5, 0.6) is 0 Å². The van der Waals surface area contributed by atoms with E-state index in [4.69, 9.17) is 5.73 Å². The van der Waals surface area contributed by atoms with Crippen LogP contribution in [0.15, 0.2) is 22.8 Å². The van der Waals surface area contributed by atoms with Crippen LogP contribution < -0.4 is 5.73 Å². The SMILES string of the molecule is CCCCC(N)c1nnc2ccc(Br)cn12. The Kier molecular flexibility index (Phi) is 3.56. The summed E-state index contributed by atoms with van der Waals surface area (Å²) >= 11 is 3.44. The van der Waals surface area contributed by atoms with Crippen molar-refractivity contribution < 1.29 is 0 Å². The van der Waals surface area contributed by atoms with Crippen molar-refractivity contribution in [2.45, 2.75) is 32.2 Å². The lowest BCUT2D eigenvalue weighted by Gasteiger charge is -2.08. The smallest absolute Gasteiger partial charge is 0.160 e. The van der Waals surface area contributed by atoms with Crippen LogP contribution in [-0.2, 0) is 0 Å². The summed E-state index contributed by atoms with van der Waals surface area (Å²) in [6, 6.07) is 3.84. The summed E-state index contributed by atoms with van der Waals surface area (Å²) in [6.45, 7) is 2.16. The van der Waals surface area contributed by atoms with Gasteiger partial charge in [-0.2, -0.15) is 0 Å². The molecule has 0 aliphatic carbocycles. The molecule has 0 saturated carbocycles. The van der Waals surface area contributed by atoms with E-state index in [1.165, 1.54) is 0 Å². The van der Waals surface area contributed by atoms with E-state index in [0.29, 0.717) is 0 Å². The van der Waals surface area contributed by atoms with Gasteiger partial charge in [-0.15, -0.1) is 10.2 Å². The van der Waals surface area contributed by atoms with Crippen LogP contribution in [0.25, 0.3) is 5.65 Å². The number of fused-ring (bicyclic) bond motifs is 1. The second-order valence-electron chi connectivity index (χ2n) is 3.88. The maximum Gasteiger partial charge on any atom is 0.160 e. The van der Waals surface area contributed by atoms with Crippen molar-refractivity contribution in [2.24, 2.45) is 5.73 Å². The highest BCUT2D eigenvalue weighted by Crippen LogP contribution is 2.18. The number of pyridine rings is 1. The summed E-state index contributed by atoms with van der Waals surface area (Å²) in [4.78, 5) is 0. The lowest BCUT2D eigenvalue weighted by Crippen LogP contribution is -2.13. The Bertz CT molecular complexity index is 480. The molecule has 0 amide bonds. The largest absolute Gasteiger partial charge is 0.321 e. The molecule has 2 rings (SSSR count). The molecule has 86 valence electrons. The van der Waals surface area contributed by atoms with Crippen LogP contribution in [-0.4, -0.2) is 14.6 Å². The Hall–Kier alpha value is -0.940. The molecule has 2 heterocycles. The lowest BCUT2D eigenvalue weighted by molar-refractivity contribution is 0.570. The third-order valence-corrected chi connectivity index (χ3v) is 3.06. The first kappa shape index (κ1) is 11.5. The summed E-state index contributed by atoms with van der Waals surface area (Å²) in [6.07, 6.45) is 5.17. The van der Waals surface area contributed by atoms with Gasteiger partial charge in [0.15, 0.2) is 11.5 Å². The standard InChI is InChI=1S/C11H15BrN4/c1-2-3-4-9(13)11-15-14-10-6-5-8(12)7-16(10)11/h5-7,9H,2-4,13H2,1H3. The number of unbranched alkanes of at least 4 members (excludes halogenated alkanes) is 1. The summed E-state index contributed by atoms with van der Waals surface area (Å²) in [5.41, 5.74) is 6.94. The predicted octanol–water partition coefficient (Wildman–Crippen LogP) is 2.68. The van der Waals surface area contributed by atoms with Crippen LogP contribution in [0, 0.1) is 0 Å². The van der Waals surface area contributed by atoms with Crippen LogP contribution in [0.1, 0.15) is 38.1 Å². The molecule has 0 aliphatic heterocycles. The first-order valence-corrected chi connectivity index (χ1v) is 6.27. The number of nitrogens with zero attached hydrogens (tertiary/aromatic N) is 3. The second kappa shape index (κ2) is 4.93. The monoisotopic (exact) mass is 282 g/mol. The van der Waals surface area contributed by atoms with Gasteiger partial charge in [0.05, 0.1) is 6.04 Å². The minimum atomic E-state index is -0.0377. The third kappa shape index (κ3) is 2.25. The minimum absolute atomic E-state index is 0.0377. The highest BCUT2D eigenvalue weighted by Gasteiger charge is 2.13. The molecule has 0 fully saturated rings. The van der Waals surface area contributed by atoms with Crippen molar-refractivity contribution in [1.29, 1.82) is 0 Å². The Morgan fingerprint density at radius 2 is 2.25 bits per heavy atom. The number of hydrogen-bond donors (Lipinski definition) is 1. The summed E-state index contributed by atoms with van der Waals surface area (Å²) in [5.74, 6) is 0.838. The number of aromatic nitrogens is 3. The van der Waals surface area contributed by atoms with Crippen LogP contribution >= 0.6 is 15.9 Å². The molecule has 0 saturated heterocycles. The van der Waals surface area contributed by atoms with Crippen LogP contribution in [0.3, 0.4) is 0 Å². The van der Waals surface area contributed by atoms with Gasteiger partial charge >= 0.3 is 0 Å². The van der Waals surface area contributed by atoms with Crippen LogP contribution in [0.2, 0.25) is 0 Å². The Labute approximate surface area is 103 Å². The molecule has 1 unspecified atom stereocenters. The number of nitrogens with two attached hydrogens (primary N) is 1. The van der Waals surface area contributed by atoms with Crippen molar-refractivity contribution in [1.82, 2.24) is 14.6 Å². The molecule has 4 nitrogen and oxygen atoms in total. The van der Waals surface area contributed by atoms with Gasteiger partial charge in [-0.25, -0.2) is 0 Å². The van der Waals surface area contributed by atoms with Crippen molar-refractivity contribution in [3.8, 4) is 0 Å². The van der Waals surface area contributed by atoms with E-state index in [0.717, 1.165) is 35.2 Å². The Morgan fingerprint density at radius 3 is 3.00 bits per heavy atom. The second-order valence-corrected chi connectivity index (χ2v) is 4.80. The zero-order valence-corrected chi connectivity index (χ0v) is 10.8.